The van der Waals surface area contributed by atoms with Crippen molar-refractivity contribution in [1.29, 1.82) is 0 Å². The lowest BCUT2D eigenvalue weighted by Crippen LogP contribution is -2.13. The van der Waals surface area contributed by atoms with Gasteiger partial charge in [-0.3, -0.25) is 0 Å². The zero-order chi connectivity index (χ0) is 13.2. The highest BCUT2D eigenvalue weighted by molar-refractivity contribution is 7.11. The molecular formula is C11H15F3N2OS. The number of halogens is 3. The molecule has 1 N–H and O–H groups in total. The van der Waals surface area contributed by atoms with Crippen LogP contribution in [-0.4, -0.2) is 24.7 Å². The number of thiazole rings is 1. The fraction of sp³-hybridized carbons (Fsp3) is 0.727. The minimum Gasteiger partial charge on any atom is -0.378 e. The predicted octanol–water partition coefficient (Wildman–Crippen LogP) is 2.60. The molecule has 0 bridgehead atoms. The van der Waals surface area contributed by atoms with Gasteiger partial charge in [-0.15, -0.1) is 11.3 Å². The first-order valence-electron chi connectivity index (χ1n) is 5.82. The first-order valence-corrected chi connectivity index (χ1v) is 6.64. The minimum absolute atomic E-state index is 0.0275. The van der Waals surface area contributed by atoms with E-state index in [-0.39, 0.29) is 17.5 Å². The number of aromatic nitrogens is 1. The van der Waals surface area contributed by atoms with E-state index in [0.717, 1.165) is 24.2 Å². The van der Waals surface area contributed by atoms with Gasteiger partial charge in [-0.05, 0) is 19.9 Å². The molecule has 7 heteroatoms. The Balaban J connectivity index is 2.16. The maximum atomic E-state index is 12.8. The minimum atomic E-state index is -4.38. The third kappa shape index (κ3) is 3.21. The van der Waals surface area contributed by atoms with Crippen LogP contribution in [0, 0.1) is 0 Å². The lowest BCUT2D eigenvalue weighted by atomic mass is 10.2. The van der Waals surface area contributed by atoms with Crippen molar-refractivity contribution >= 4 is 11.3 Å². The van der Waals surface area contributed by atoms with Crippen LogP contribution in [-0.2, 0) is 23.9 Å². The van der Waals surface area contributed by atoms with Gasteiger partial charge in [0, 0.05) is 19.6 Å². The second kappa shape index (κ2) is 5.54. The summed E-state index contributed by atoms with van der Waals surface area (Å²) in [5, 5.41) is 3.26. The Bertz CT molecular complexity index is 399. The number of rotatable bonds is 4. The van der Waals surface area contributed by atoms with E-state index in [4.69, 9.17) is 4.74 Å². The standard InChI is InChI=1S/C11H15F3N2OS/c1-15-6-8-10(11(12,13)14)16-9(18-8)5-7-3-2-4-17-7/h7,15H,2-6H2,1H3. The molecule has 102 valence electrons. The Morgan fingerprint density at radius 2 is 2.28 bits per heavy atom. The molecule has 0 radical (unpaired) electrons. The molecule has 1 aromatic heterocycles. The molecule has 0 aliphatic carbocycles. The number of hydrogen-bond donors (Lipinski definition) is 1. The molecule has 0 spiro atoms. The number of nitrogens with one attached hydrogen (secondary N) is 1. The predicted molar refractivity (Wildman–Crippen MR) is 62.6 cm³/mol. The molecular weight excluding hydrogens is 265 g/mol. The van der Waals surface area contributed by atoms with Crippen LogP contribution in [0.1, 0.15) is 28.4 Å². The van der Waals surface area contributed by atoms with Crippen LogP contribution in [0.4, 0.5) is 13.2 Å². The van der Waals surface area contributed by atoms with E-state index in [0.29, 0.717) is 18.0 Å². The van der Waals surface area contributed by atoms with Crippen LogP contribution < -0.4 is 5.32 Å². The third-order valence-corrected chi connectivity index (χ3v) is 3.85. The molecule has 1 aliphatic heterocycles. The number of nitrogens with zero attached hydrogens (tertiary/aromatic N) is 1. The van der Waals surface area contributed by atoms with Crippen molar-refractivity contribution in [1.82, 2.24) is 10.3 Å². The van der Waals surface area contributed by atoms with Crippen molar-refractivity contribution in [3.8, 4) is 0 Å². The smallest absolute Gasteiger partial charge is 0.378 e. The monoisotopic (exact) mass is 280 g/mol. The summed E-state index contributed by atoms with van der Waals surface area (Å²) >= 11 is 1.12. The van der Waals surface area contributed by atoms with Crippen LogP contribution in [0.2, 0.25) is 0 Å². The Kier molecular flexibility index (Phi) is 4.24. The summed E-state index contributed by atoms with van der Waals surface area (Å²) in [7, 11) is 1.62. The summed E-state index contributed by atoms with van der Waals surface area (Å²) in [5.41, 5.74) is -0.755. The zero-order valence-electron chi connectivity index (χ0n) is 10.0. The van der Waals surface area contributed by atoms with Gasteiger partial charge in [-0.2, -0.15) is 13.2 Å². The van der Waals surface area contributed by atoms with E-state index in [2.05, 4.69) is 10.3 Å². The maximum absolute atomic E-state index is 12.8. The van der Waals surface area contributed by atoms with E-state index in [1.54, 1.807) is 7.05 Å². The SMILES string of the molecule is CNCc1sc(CC2CCCO2)nc1C(F)(F)F. The van der Waals surface area contributed by atoms with Crippen molar-refractivity contribution < 1.29 is 17.9 Å². The summed E-state index contributed by atoms with van der Waals surface area (Å²) in [5.74, 6) is 0. The largest absolute Gasteiger partial charge is 0.434 e. The first-order chi connectivity index (χ1) is 8.50. The van der Waals surface area contributed by atoms with Crippen molar-refractivity contribution in [2.24, 2.45) is 0 Å². The van der Waals surface area contributed by atoms with Crippen molar-refractivity contribution in [2.45, 2.75) is 38.1 Å². The van der Waals surface area contributed by atoms with Crippen molar-refractivity contribution in [2.75, 3.05) is 13.7 Å². The van der Waals surface area contributed by atoms with Gasteiger partial charge in [-0.1, -0.05) is 0 Å². The lowest BCUT2D eigenvalue weighted by molar-refractivity contribution is -0.141. The van der Waals surface area contributed by atoms with E-state index in [1.807, 2.05) is 0 Å². The van der Waals surface area contributed by atoms with Crippen molar-refractivity contribution in [3.05, 3.63) is 15.6 Å². The average molecular weight is 280 g/mol. The average Bonchev–Trinajstić information content (AvgIpc) is 2.88. The van der Waals surface area contributed by atoms with Crippen LogP contribution in [0.5, 0.6) is 0 Å². The summed E-state index contributed by atoms with van der Waals surface area (Å²) in [6, 6.07) is 0. The fourth-order valence-corrected chi connectivity index (χ4v) is 3.15. The van der Waals surface area contributed by atoms with Crippen LogP contribution in [0.3, 0.4) is 0 Å². The Morgan fingerprint density at radius 1 is 1.50 bits per heavy atom. The highest BCUT2D eigenvalue weighted by atomic mass is 32.1. The molecule has 0 amide bonds. The molecule has 1 atom stereocenters. The third-order valence-electron chi connectivity index (χ3n) is 2.77. The molecule has 2 rings (SSSR count). The highest BCUT2D eigenvalue weighted by Gasteiger charge is 2.37. The molecule has 1 unspecified atom stereocenters. The zero-order valence-corrected chi connectivity index (χ0v) is 10.8. The van der Waals surface area contributed by atoms with Crippen LogP contribution >= 0.6 is 11.3 Å². The van der Waals surface area contributed by atoms with Gasteiger partial charge in [0.05, 0.1) is 16.0 Å². The molecule has 0 saturated carbocycles. The van der Waals surface area contributed by atoms with Gasteiger partial charge in [0.2, 0.25) is 0 Å². The molecule has 2 heterocycles. The van der Waals surface area contributed by atoms with E-state index < -0.39 is 11.9 Å². The second-order valence-electron chi connectivity index (χ2n) is 4.25. The first kappa shape index (κ1) is 13.8. The highest BCUT2D eigenvalue weighted by Crippen LogP contribution is 2.35. The molecule has 1 aromatic rings. The number of hydrogen-bond acceptors (Lipinski definition) is 4. The van der Waals surface area contributed by atoms with Gasteiger partial charge in [0.15, 0.2) is 5.69 Å². The molecule has 1 fully saturated rings. The Hall–Kier alpha value is -0.660. The molecule has 1 saturated heterocycles. The van der Waals surface area contributed by atoms with E-state index in [9.17, 15) is 13.2 Å². The van der Waals surface area contributed by atoms with E-state index in [1.165, 1.54) is 0 Å². The van der Waals surface area contributed by atoms with Gasteiger partial charge in [-0.25, -0.2) is 4.98 Å². The quantitative estimate of drug-likeness (QED) is 0.920. The summed E-state index contributed by atoms with van der Waals surface area (Å²) in [6.07, 6.45) is -1.98. The van der Waals surface area contributed by atoms with Gasteiger partial charge >= 0.3 is 6.18 Å². The molecule has 0 aromatic carbocycles. The molecule has 3 nitrogen and oxygen atoms in total. The maximum Gasteiger partial charge on any atom is 0.434 e. The number of alkyl halides is 3. The van der Waals surface area contributed by atoms with Gasteiger partial charge in [0.1, 0.15) is 0 Å². The second-order valence-corrected chi connectivity index (χ2v) is 5.41. The molecule has 18 heavy (non-hydrogen) atoms. The summed E-state index contributed by atoms with van der Waals surface area (Å²) < 4.78 is 43.8. The topological polar surface area (TPSA) is 34.1 Å². The van der Waals surface area contributed by atoms with Crippen LogP contribution in [0.25, 0.3) is 0 Å². The molecule has 1 aliphatic rings. The normalized spacial score (nSPS) is 20.6. The van der Waals surface area contributed by atoms with Crippen LogP contribution in [0.15, 0.2) is 0 Å². The van der Waals surface area contributed by atoms with E-state index >= 15 is 0 Å². The Labute approximate surface area is 107 Å². The number of ether oxygens (including phenoxy) is 1. The Morgan fingerprint density at radius 3 is 2.83 bits per heavy atom. The summed E-state index contributed by atoms with van der Waals surface area (Å²) in [6.45, 7) is 0.892. The lowest BCUT2D eigenvalue weighted by Gasteiger charge is -2.06. The fourth-order valence-electron chi connectivity index (χ4n) is 1.99. The van der Waals surface area contributed by atoms with Crippen molar-refractivity contribution in [3.63, 3.8) is 0 Å². The summed E-state index contributed by atoms with van der Waals surface area (Å²) in [4.78, 5) is 3.99. The van der Waals surface area contributed by atoms with Gasteiger partial charge in [0.25, 0.3) is 0 Å². The van der Waals surface area contributed by atoms with Gasteiger partial charge < -0.3 is 10.1 Å².